The summed E-state index contributed by atoms with van der Waals surface area (Å²) in [5.74, 6) is 0. The molecule has 0 unspecified atom stereocenters. The van der Waals surface area contributed by atoms with Gasteiger partial charge in [-0.2, -0.15) is 5.10 Å². The molecule has 0 saturated carbocycles. The van der Waals surface area contributed by atoms with E-state index in [1.165, 1.54) is 16.8 Å². The zero-order valence-electron chi connectivity index (χ0n) is 7.86. The Morgan fingerprint density at radius 3 is 2.86 bits per heavy atom. The Bertz CT molecular complexity index is 387. The molecule has 0 aromatic carbocycles. The topological polar surface area (TPSA) is 52.0 Å². The average molecular weight is 215 g/mol. The van der Waals surface area contributed by atoms with E-state index in [1.54, 1.807) is 0 Å². The number of rotatable bonds is 4. The molecule has 1 rings (SSSR count). The predicted molar refractivity (Wildman–Crippen MR) is 53.4 cm³/mol. The van der Waals surface area contributed by atoms with Crippen LogP contribution in [0.25, 0.3) is 0 Å². The lowest BCUT2D eigenvalue weighted by Gasteiger charge is -2.03. The van der Waals surface area contributed by atoms with Crippen LogP contribution in [0.1, 0.15) is 19.0 Å². The molecule has 1 aromatic rings. The number of hydrogen-bond donors (Lipinski definition) is 0. The number of carbonyl (C=O) groups excluding carboxylic acids is 1. The standard InChI is InChI=1S/C9H11ClN2O2/c1-2-5-12-9(14)4-3-7(11-12)6-8(10)13/h3-4H,2,5-6H2,1H3. The van der Waals surface area contributed by atoms with Crippen molar-refractivity contribution in [3.63, 3.8) is 0 Å². The van der Waals surface area contributed by atoms with Gasteiger partial charge in [0.05, 0.1) is 12.1 Å². The van der Waals surface area contributed by atoms with Gasteiger partial charge in [-0.25, -0.2) is 4.68 Å². The minimum atomic E-state index is -0.473. The van der Waals surface area contributed by atoms with Gasteiger partial charge in [0.1, 0.15) is 0 Å². The second-order valence-electron chi connectivity index (χ2n) is 2.92. The van der Waals surface area contributed by atoms with Crippen molar-refractivity contribution in [2.75, 3.05) is 0 Å². The van der Waals surface area contributed by atoms with E-state index < -0.39 is 5.24 Å². The molecule has 1 aromatic heterocycles. The van der Waals surface area contributed by atoms with Gasteiger partial charge in [0.2, 0.25) is 5.24 Å². The number of halogens is 1. The molecule has 1 heterocycles. The molecule has 0 spiro atoms. The third-order valence-corrected chi connectivity index (χ3v) is 1.81. The molecule has 5 heteroatoms. The molecule has 0 radical (unpaired) electrons. The maximum Gasteiger partial charge on any atom is 0.266 e. The van der Waals surface area contributed by atoms with Crippen LogP contribution in [0.2, 0.25) is 0 Å². The lowest BCUT2D eigenvalue weighted by molar-refractivity contribution is -0.111. The van der Waals surface area contributed by atoms with Crippen molar-refractivity contribution < 1.29 is 4.79 Å². The van der Waals surface area contributed by atoms with Gasteiger partial charge in [0.15, 0.2) is 0 Å². The number of aromatic nitrogens is 2. The highest BCUT2D eigenvalue weighted by Gasteiger charge is 2.03. The first-order valence-corrected chi connectivity index (χ1v) is 4.76. The lowest BCUT2D eigenvalue weighted by atomic mass is 10.3. The number of carbonyl (C=O) groups is 1. The van der Waals surface area contributed by atoms with Crippen LogP contribution in [-0.2, 0) is 17.8 Å². The predicted octanol–water partition coefficient (Wildman–Crippen LogP) is 0.961. The summed E-state index contributed by atoms with van der Waals surface area (Å²) in [6, 6.07) is 2.92. The van der Waals surface area contributed by atoms with E-state index >= 15 is 0 Å². The van der Waals surface area contributed by atoms with E-state index in [9.17, 15) is 9.59 Å². The van der Waals surface area contributed by atoms with Crippen LogP contribution in [0.5, 0.6) is 0 Å². The second kappa shape index (κ2) is 4.91. The molecule has 0 fully saturated rings. The summed E-state index contributed by atoms with van der Waals surface area (Å²) >= 11 is 5.22. The zero-order valence-corrected chi connectivity index (χ0v) is 8.62. The van der Waals surface area contributed by atoms with Gasteiger partial charge < -0.3 is 0 Å². The molecular weight excluding hydrogens is 204 g/mol. The zero-order chi connectivity index (χ0) is 10.6. The quantitative estimate of drug-likeness (QED) is 0.702. The Kier molecular flexibility index (Phi) is 3.83. The Labute approximate surface area is 86.5 Å². The molecule has 0 N–H and O–H groups in total. The molecule has 0 aliphatic heterocycles. The van der Waals surface area contributed by atoms with Crippen LogP contribution in [0.3, 0.4) is 0 Å². The number of nitrogens with zero attached hydrogens (tertiary/aromatic N) is 2. The van der Waals surface area contributed by atoms with E-state index in [2.05, 4.69) is 5.10 Å². The van der Waals surface area contributed by atoms with E-state index in [4.69, 9.17) is 11.6 Å². The minimum absolute atomic E-state index is 0.0611. The van der Waals surface area contributed by atoms with Crippen molar-refractivity contribution in [1.29, 1.82) is 0 Å². The second-order valence-corrected chi connectivity index (χ2v) is 3.34. The van der Waals surface area contributed by atoms with E-state index in [0.29, 0.717) is 12.2 Å². The fourth-order valence-corrected chi connectivity index (χ4v) is 1.24. The van der Waals surface area contributed by atoms with E-state index in [0.717, 1.165) is 6.42 Å². The Balaban J connectivity index is 2.94. The highest BCUT2D eigenvalue weighted by Crippen LogP contribution is 1.96. The highest BCUT2D eigenvalue weighted by atomic mass is 35.5. The van der Waals surface area contributed by atoms with Crippen LogP contribution in [0.15, 0.2) is 16.9 Å². The van der Waals surface area contributed by atoms with Gasteiger partial charge >= 0.3 is 0 Å². The van der Waals surface area contributed by atoms with Crippen molar-refractivity contribution in [3.8, 4) is 0 Å². The monoisotopic (exact) mass is 214 g/mol. The van der Waals surface area contributed by atoms with Crippen molar-refractivity contribution >= 4 is 16.8 Å². The fraction of sp³-hybridized carbons (Fsp3) is 0.444. The molecule has 0 aliphatic carbocycles. The van der Waals surface area contributed by atoms with Gasteiger partial charge in [0, 0.05) is 12.6 Å². The molecule has 0 saturated heterocycles. The van der Waals surface area contributed by atoms with Crippen LogP contribution in [-0.4, -0.2) is 15.0 Å². The first-order valence-electron chi connectivity index (χ1n) is 4.39. The Morgan fingerprint density at radius 2 is 2.29 bits per heavy atom. The molecule has 0 aliphatic rings. The van der Waals surface area contributed by atoms with E-state index in [-0.39, 0.29) is 12.0 Å². The maximum absolute atomic E-state index is 11.2. The summed E-state index contributed by atoms with van der Waals surface area (Å²) in [6.07, 6.45) is 0.886. The van der Waals surface area contributed by atoms with Gasteiger partial charge in [-0.05, 0) is 24.1 Å². The minimum Gasteiger partial charge on any atom is -0.281 e. The van der Waals surface area contributed by atoms with Gasteiger partial charge in [-0.1, -0.05) is 6.92 Å². The van der Waals surface area contributed by atoms with Crippen LogP contribution < -0.4 is 5.56 Å². The number of hydrogen-bond acceptors (Lipinski definition) is 3. The molecule has 76 valence electrons. The van der Waals surface area contributed by atoms with Crippen molar-refractivity contribution in [2.45, 2.75) is 26.3 Å². The summed E-state index contributed by atoms with van der Waals surface area (Å²) < 4.78 is 1.34. The van der Waals surface area contributed by atoms with Gasteiger partial charge in [-0.15, -0.1) is 0 Å². The summed E-state index contributed by atoms with van der Waals surface area (Å²) in [4.78, 5) is 21.8. The third-order valence-electron chi connectivity index (χ3n) is 1.68. The largest absolute Gasteiger partial charge is 0.281 e. The van der Waals surface area contributed by atoms with Crippen molar-refractivity contribution in [3.05, 3.63) is 28.2 Å². The smallest absolute Gasteiger partial charge is 0.266 e. The molecule has 14 heavy (non-hydrogen) atoms. The van der Waals surface area contributed by atoms with Crippen LogP contribution in [0.4, 0.5) is 0 Å². The van der Waals surface area contributed by atoms with Gasteiger partial charge in [0.25, 0.3) is 5.56 Å². The lowest BCUT2D eigenvalue weighted by Crippen LogP contribution is -2.23. The summed E-state index contributed by atoms with van der Waals surface area (Å²) in [5.41, 5.74) is 0.371. The first kappa shape index (κ1) is 10.9. The Morgan fingerprint density at radius 1 is 1.57 bits per heavy atom. The van der Waals surface area contributed by atoms with Gasteiger partial charge in [-0.3, -0.25) is 9.59 Å². The number of aryl methyl sites for hydroxylation is 1. The van der Waals surface area contributed by atoms with Crippen LogP contribution >= 0.6 is 11.6 Å². The molecule has 0 amide bonds. The maximum atomic E-state index is 11.2. The van der Waals surface area contributed by atoms with Crippen molar-refractivity contribution in [2.24, 2.45) is 0 Å². The molecule has 0 atom stereocenters. The molecular formula is C9H11ClN2O2. The summed E-state index contributed by atoms with van der Waals surface area (Å²) in [7, 11) is 0. The normalized spacial score (nSPS) is 10.1. The SMILES string of the molecule is CCCn1nc(CC(=O)Cl)ccc1=O. The Hall–Kier alpha value is -1.16. The third kappa shape index (κ3) is 2.96. The van der Waals surface area contributed by atoms with Crippen molar-refractivity contribution in [1.82, 2.24) is 9.78 Å². The van der Waals surface area contributed by atoms with Crippen LogP contribution in [0, 0.1) is 0 Å². The fourth-order valence-electron chi connectivity index (χ4n) is 1.10. The molecule has 0 bridgehead atoms. The average Bonchev–Trinajstić information content (AvgIpc) is 2.10. The summed E-state index contributed by atoms with van der Waals surface area (Å²) in [5, 5.41) is 3.53. The highest BCUT2D eigenvalue weighted by molar-refractivity contribution is 6.63. The summed E-state index contributed by atoms with van der Waals surface area (Å²) in [6.45, 7) is 2.51. The first-order chi connectivity index (χ1) is 6.63. The van der Waals surface area contributed by atoms with E-state index in [1.807, 2.05) is 6.92 Å². The molecule has 4 nitrogen and oxygen atoms in total.